The van der Waals surface area contributed by atoms with Crippen LogP contribution >= 0.6 is 23.1 Å². The maximum absolute atomic E-state index is 11.8. The van der Waals surface area contributed by atoms with E-state index in [0.29, 0.717) is 12.6 Å². The van der Waals surface area contributed by atoms with Gasteiger partial charge in [-0.15, -0.1) is 11.3 Å². The van der Waals surface area contributed by atoms with Crippen molar-refractivity contribution in [2.45, 2.75) is 37.0 Å². The monoisotopic (exact) mass is 354 g/mol. The Morgan fingerprint density at radius 3 is 2.87 bits per heavy atom. The number of thioether (sulfide) groups is 1. The van der Waals surface area contributed by atoms with Gasteiger partial charge in [-0.05, 0) is 43.4 Å². The molecule has 0 saturated heterocycles. The fourth-order valence-corrected chi connectivity index (χ4v) is 4.10. The minimum Gasteiger partial charge on any atom is -0.356 e. The molecule has 3 N–H and O–H groups in total. The Hall–Kier alpha value is -1.21. The number of aliphatic imine (C=N–C) groups is 1. The van der Waals surface area contributed by atoms with E-state index in [1.54, 1.807) is 7.05 Å². The van der Waals surface area contributed by atoms with E-state index in [9.17, 15) is 4.79 Å². The molecule has 0 spiro atoms. The molecule has 0 radical (unpaired) electrons. The lowest BCUT2D eigenvalue weighted by Gasteiger charge is -2.17. The van der Waals surface area contributed by atoms with Crippen molar-refractivity contribution >= 4 is 35.0 Å². The van der Waals surface area contributed by atoms with Gasteiger partial charge in [-0.2, -0.15) is 11.8 Å². The molecule has 1 fully saturated rings. The zero-order valence-corrected chi connectivity index (χ0v) is 15.4. The van der Waals surface area contributed by atoms with Crippen molar-refractivity contribution in [1.29, 1.82) is 0 Å². The molecule has 2 unspecified atom stereocenters. The molecule has 5 nitrogen and oxygen atoms in total. The number of thiophene rings is 1. The molecule has 1 saturated carbocycles. The second kappa shape index (κ2) is 9.82. The molecule has 2 rings (SSSR count). The van der Waals surface area contributed by atoms with Gasteiger partial charge >= 0.3 is 0 Å². The molecule has 2 atom stereocenters. The van der Waals surface area contributed by atoms with E-state index in [-0.39, 0.29) is 5.91 Å². The van der Waals surface area contributed by atoms with Crippen molar-refractivity contribution in [2.75, 3.05) is 26.4 Å². The Morgan fingerprint density at radius 1 is 1.39 bits per heavy atom. The number of nitrogens with one attached hydrogen (secondary N) is 3. The number of hydrogen-bond donors (Lipinski definition) is 3. The minimum absolute atomic E-state index is 0.0107. The summed E-state index contributed by atoms with van der Waals surface area (Å²) in [5, 5.41) is 12.4. The van der Waals surface area contributed by atoms with E-state index in [4.69, 9.17) is 0 Å². The summed E-state index contributed by atoms with van der Waals surface area (Å²) in [4.78, 5) is 16.8. The molecular formula is C16H26N4OS2. The molecule has 0 aliphatic heterocycles. The zero-order valence-electron chi connectivity index (χ0n) is 13.8. The lowest BCUT2D eigenvalue weighted by molar-refractivity contribution is 0.0957. The first kappa shape index (κ1) is 18.1. The van der Waals surface area contributed by atoms with Crippen LogP contribution in [0.15, 0.2) is 22.5 Å². The molecule has 1 aromatic rings. The van der Waals surface area contributed by atoms with E-state index in [1.165, 1.54) is 30.6 Å². The summed E-state index contributed by atoms with van der Waals surface area (Å²) in [5.41, 5.74) is 0. The van der Waals surface area contributed by atoms with Gasteiger partial charge in [-0.3, -0.25) is 9.79 Å². The Bertz CT molecular complexity index is 504. The normalized spacial score (nSPS) is 21.2. The third-order valence-electron chi connectivity index (χ3n) is 3.96. The number of nitrogens with zero attached hydrogens (tertiary/aromatic N) is 1. The highest BCUT2D eigenvalue weighted by atomic mass is 32.2. The lowest BCUT2D eigenvalue weighted by Crippen LogP contribution is -2.43. The molecular weight excluding hydrogens is 328 g/mol. The van der Waals surface area contributed by atoms with Crippen molar-refractivity contribution < 1.29 is 4.79 Å². The van der Waals surface area contributed by atoms with Crippen molar-refractivity contribution in [2.24, 2.45) is 4.99 Å². The fourth-order valence-electron chi connectivity index (χ4n) is 2.67. The number of amides is 1. The zero-order chi connectivity index (χ0) is 16.5. The van der Waals surface area contributed by atoms with Crippen molar-refractivity contribution in [3.05, 3.63) is 22.4 Å². The second-order valence-corrected chi connectivity index (χ2v) is 7.68. The van der Waals surface area contributed by atoms with Gasteiger partial charge in [0.25, 0.3) is 5.91 Å². The van der Waals surface area contributed by atoms with Gasteiger partial charge < -0.3 is 16.0 Å². The highest BCUT2D eigenvalue weighted by Crippen LogP contribution is 2.27. The van der Waals surface area contributed by atoms with Gasteiger partial charge in [0.15, 0.2) is 5.96 Å². The van der Waals surface area contributed by atoms with Crippen LogP contribution in [0.3, 0.4) is 0 Å². The van der Waals surface area contributed by atoms with E-state index in [0.717, 1.165) is 29.1 Å². The molecule has 7 heteroatoms. The fraction of sp³-hybridized carbons (Fsp3) is 0.625. The number of carbonyl (C=O) groups is 1. The van der Waals surface area contributed by atoms with Crippen LogP contribution in [0.25, 0.3) is 0 Å². The van der Waals surface area contributed by atoms with Crippen LogP contribution in [0, 0.1) is 0 Å². The van der Waals surface area contributed by atoms with Gasteiger partial charge in [0.1, 0.15) is 0 Å². The number of hydrogen-bond acceptors (Lipinski definition) is 4. The largest absolute Gasteiger partial charge is 0.356 e. The summed E-state index contributed by atoms with van der Waals surface area (Å²) in [5.74, 6) is 0.873. The van der Waals surface area contributed by atoms with Crippen LogP contribution in [-0.2, 0) is 0 Å². The molecule has 23 heavy (non-hydrogen) atoms. The Morgan fingerprint density at radius 2 is 2.22 bits per heavy atom. The van der Waals surface area contributed by atoms with E-state index in [2.05, 4.69) is 27.2 Å². The van der Waals surface area contributed by atoms with Crippen LogP contribution in [-0.4, -0.2) is 49.6 Å². The molecule has 1 amide bonds. The molecule has 128 valence electrons. The Balaban J connectivity index is 1.58. The molecule has 0 aromatic carbocycles. The molecule has 1 heterocycles. The van der Waals surface area contributed by atoms with Gasteiger partial charge in [-0.1, -0.05) is 6.07 Å². The van der Waals surface area contributed by atoms with Crippen LogP contribution in [0.4, 0.5) is 0 Å². The van der Waals surface area contributed by atoms with Gasteiger partial charge in [0.05, 0.1) is 4.88 Å². The first-order valence-corrected chi connectivity index (χ1v) is 10.2. The summed E-state index contributed by atoms with van der Waals surface area (Å²) in [7, 11) is 1.80. The van der Waals surface area contributed by atoms with Crippen molar-refractivity contribution in [3.8, 4) is 0 Å². The van der Waals surface area contributed by atoms with Crippen LogP contribution in [0.2, 0.25) is 0 Å². The molecule has 1 aromatic heterocycles. The standard InChI is InChI=1S/C16H26N4OS2/c1-17-16(20-12-6-7-13(11-12)22-2)19-9-4-8-18-15(21)14-5-3-10-23-14/h3,5,10,12-13H,4,6-9,11H2,1-2H3,(H,18,21)(H2,17,19,20). The molecule has 0 bridgehead atoms. The maximum Gasteiger partial charge on any atom is 0.261 e. The van der Waals surface area contributed by atoms with E-state index < -0.39 is 0 Å². The topological polar surface area (TPSA) is 65.5 Å². The molecule has 1 aliphatic rings. The summed E-state index contributed by atoms with van der Waals surface area (Å²) in [6, 6.07) is 4.26. The van der Waals surface area contributed by atoms with Crippen molar-refractivity contribution in [1.82, 2.24) is 16.0 Å². The average molecular weight is 355 g/mol. The van der Waals surface area contributed by atoms with Gasteiger partial charge in [0.2, 0.25) is 0 Å². The summed E-state index contributed by atoms with van der Waals surface area (Å²) < 4.78 is 0. The summed E-state index contributed by atoms with van der Waals surface area (Å²) in [6.45, 7) is 1.46. The quantitative estimate of drug-likeness (QED) is 0.399. The third-order valence-corrected chi connectivity index (χ3v) is 5.92. The average Bonchev–Trinajstić information content (AvgIpc) is 3.24. The first-order valence-electron chi connectivity index (χ1n) is 8.04. The van der Waals surface area contributed by atoms with Crippen molar-refractivity contribution in [3.63, 3.8) is 0 Å². The summed E-state index contributed by atoms with van der Waals surface area (Å²) >= 11 is 3.42. The Kier molecular flexibility index (Phi) is 7.74. The maximum atomic E-state index is 11.8. The highest BCUT2D eigenvalue weighted by molar-refractivity contribution is 7.99. The Labute approximate surface area is 146 Å². The van der Waals surface area contributed by atoms with Crippen LogP contribution in [0.5, 0.6) is 0 Å². The third kappa shape index (κ3) is 6.06. The predicted molar refractivity (Wildman–Crippen MR) is 101 cm³/mol. The van der Waals surface area contributed by atoms with Gasteiger partial charge in [-0.25, -0.2) is 0 Å². The van der Waals surface area contributed by atoms with Crippen LogP contribution in [0.1, 0.15) is 35.4 Å². The predicted octanol–water partition coefficient (Wildman–Crippen LogP) is 2.32. The van der Waals surface area contributed by atoms with E-state index in [1.807, 2.05) is 29.3 Å². The smallest absolute Gasteiger partial charge is 0.261 e. The minimum atomic E-state index is 0.0107. The second-order valence-electron chi connectivity index (χ2n) is 5.60. The molecule has 1 aliphatic carbocycles. The number of rotatable bonds is 7. The van der Waals surface area contributed by atoms with Crippen LogP contribution < -0.4 is 16.0 Å². The summed E-state index contributed by atoms with van der Waals surface area (Å²) in [6.07, 6.45) is 6.76. The SMILES string of the molecule is CN=C(NCCCNC(=O)c1cccs1)NC1CCC(SC)C1. The van der Waals surface area contributed by atoms with Gasteiger partial charge in [0, 0.05) is 31.4 Å². The van der Waals surface area contributed by atoms with E-state index >= 15 is 0 Å². The highest BCUT2D eigenvalue weighted by Gasteiger charge is 2.24. The lowest BCUT2D eigenvalue weighted by atomic mass is 10.2. The first-order chi connectivity index (χ1) is 11.2. The number of guanidine groups is 1. The number of carbonyl (C=O) groups excluding carboxylic acids is 1.